The molecule has 2 nitrogen and oxygen atoms in total. The van der Waals surface area contributed by atoms with E-state index in [0.29, 0.717) is 0 Å². The summed E-state index contributed by atoms with van der Waals surface area (Å²) in [4.78, 5) is 4.46. The topological polar surface area (TPSA) is 33.1 Å². The summed E-state index contributed by atoms with van der Waals surface area (Å²) >= 11 is 0. The van der Waals surface area contributed by atoms with Crippen molar-refractivity contribution in [2.24, 2.45) is 0 Å². The van der Waals surface area contributed by atoms with E-state index >= 15 is 0 Å². The number of benzene rings is 1. The molecule has 0 amide bonds. The minimum atomic E-state index is 0.289. The first-order valence-corrected chi connectivity index (χ1v) is 8.30. The summed E-state index contributed by atoms with van der Waals surface area (Å²) in [6.45, 7) is 4.22. The van der Waals surface area contributed by atoms with Crippen molar-refractivity contribution >= 4 is 10.9 Å². The van der Waals surface area contributed by atoms with Gasteiger partial charge in [0.2, 0.25) is 0 Å². The van der Waals surface area contributed by atoms with Crippen LogP contribution in [0.15, 0.2) is 24.3 Å². The highest BCUT2D eigenvalue weighted by Crippen LogP contribution is 2.27. The number of aryl methyl sites for hydroxylation is 2. The molecule has 0 fully saturated rings. The van der Waals surface area contributed by atoms with Crippen LogP contribution in [0, 0.1) is 6.92 Å². The lowest BCUT2D eigenvalue weighted by molar-refractivity contribution is 0.480. The van der Waals surface area contributed by atoms with Crippen molar-refractivity contribution in [3.63, 3.8) is 0 Å². The molecule has 0 atom stereocenters. The highest BCUT2D eigenvalue weighted by Gasteiger charge is 2.06. The Morgan fingerprint density at radius 1 is 0.905 bits per heavy atom. The lowest BCUT2D eigenvalue weighted by Gasteiger charge is -2.08. The third-order valence-corrected chi connectivity index (χ3v) is 4.12. The Bertz CT molecular complexity index is 577. The van der Waals surface area contributed by atoms with Gasteiger partial charge in [0.1, 0.15) is 11.3 Å². The summed E-state index contributed by atoms with van der Waals surface area (Å²) in [7, 11) is 0. The summed E-state index contributed by atoms with van der Waals surface area (Å²) in [5, 5.41) is 11.1. The van der Waals surface area contributed by atoms with E-state index in [4.69, 9.17) is 0 Å². The van der Waals surface area contributed by atoms with Gasteiger partial charge in [0.05, 0.1) is 0 Å². The first-order valence-electron chi connectivity index (χ1n) is 8.30. The van der Waals surface area contributed by atoms with Crippen molar-refractivity contribution in [3.8, 4) is 5.75 Å². The third-order valence-electron chi connectivity index (χ3n) is 4.12. The number of nitrogens with zero attached hydrogens (tertiary/aromatic N) is 1. The number of aromatic nitrogens is 1. The van der Waals surface area contributed by atoms with Gasteiger partial charge in [-0.25, -0.2) is 4.98 Å². The van der Waals surface area contributed by atoms with Crippen molar-refractivity contribution in [3.05, 3.63) is 35.5 Å². The van der Waals surface area contributed by atoms with Gasteiger partial charge in [-0.3, -0.25) is 0 Å². The Kier molecular flexibility index (Phi) is 6.04. The zero-order valence-corrected chi connectivity index (χ0v) is 13.4. The molecule has 2 aromatic rings. The molecule has 0 unspecified atom stereocenters. The monoisotopic (exact) mass is 285 g/mol. The first-order chi connectivity index (χ1) is 10.2. The molecule has 0 aliphatic carbocycles. The molecule has 0 aliphatic rings. The normalized spacial score (nSPS) is 11.1. The molecular formula is C19H27NO. The van der Waals surface area contributed by atoms with E-state index in [1.165, 1.54) is 50.5 Å². The number of aromatic hydroxyl groups is 1. The van der Waals surface area contributed by atoms with Crippen molar-refractivity contribution in [2.45, 2.75) is 65.2 Å². The van der Waals surface area contributed by atoms with Crippen LogP contribution in [-0.4, -0.2) is 10.1 Å². The summed E-state index contributed by atoms with van der Waals surface area (Å²) in [6.07, 6.45) is 10.4. The Balaban J connectivity index is 1.92. The van der Waals surface area contributed by atoms with Crippen LogP contribution in [0.1, 0.15) is 63.1 Å². The number of rotatable bonds is 8. The Morgan fingerprint density at radius 3 is 2.38 bits per heavy atom. The summed E-state index contributed by atoms with van der Waals surface area (Å²) < 4.78 is 0. The lowest BCUT2D eigenvalue weighted by atomic mass is 10.0. The summed E-state index contributed by atoms with van der Waals surface area (Å²) in [5.74, 6) is 0.289. The van der Waals surface area contributed by atoms with Crippen LogP contribution in [0.5, 0.6) is 5.75 Å². The second-order valence-electron chi connectivity index (χ2n) is 5.96. The highest BCUT2D eigenvalue weighted by molar-refractivity contribution is 5.87. The van der Waals surface area contributed by atoms with Crippen LogP contribution in [0.4, 0.5) is 0 Å². The number of unbranched alkanes of at least 4 members (excludes halogenated alkanes) is 6. The van der Waals surface area contributed by atoms with Gasteiger partial charge in [-0.2, -0.15) is 0 Å². The lowest BCUT2D eigenvalue weighted by Crippen LogP contribution is -1.91. The molecule has 2 rings (SSSR count). The van der Waals surface area contributed by atoms with Gasteiger partial charge in [-0.15, -0.1) is 0 Å². The van der Waals surface area contributed by atoms with Gasteiger partial charge < -0.3 is 5.11 Å². The van der Waals surface area contributed by atoms with Crippen LogP contribution >= 0.6 is 0 Å². The number of hydrogen-bond donors (Lipinski definition) is 1. The quantitative estimate of drug-likeness (QED) is 0.646. The molecule has 114 valence electrons. The molecule has 21 heavy (non-hydrogen) atoms. The van der Waals surface area contributed by atoms with E-state index in [0.717, 1.165) is 23.0 Å². The number of phenolic OH excluding ortho intramolecular Hbond substituents is 1. The van der Waals surface area contributed by atoms with Gasteiger partial charge in [0, 0.05) is 11.1 Å². The van der Waals surface area contributed by atoms with Gasteiger partial charge in [0.25, 0.3) is 0 Å². The molecule has 0 aliphatic heterocycles. The predicted molar refractivity (Wildman–Crippen MR) is 89.8 cm³/mol. The van der Waals surface area contributed by atoms with E-state index in [2.05, 4.69) is 18.0 Å². The van der Waals surface area contributed by atoms with Crippen LogP contribution in [-0.2, 0) is 6.42 Å². The Morgan fingerprint density at radius 2 is 1.62 bits per heavy atom. The van der Waals surface area contributed by atoms with Gasteiger partial charge >= 0.3 is 0 Å². The molecule has 1 aromatic carbocycles. The SMILES string of the molecule is CCCCCCCCCc1ccc(O)c2nc(C)ccc12. The third kappa shape index (κ3) is 4.45. The minimum Gasteiger partial charge on any atom is -0.506 e. The summed E-state index contributed by atoms with van der Waals surface area (Å²) in [5.41, 5.74) is 3.00. The smallest absolute Gasteiger partial charge is 0.141 e. The molecule has 0 saturated carbocycles. The minimum absolute atomic E-state index is 0.289. The second-order valence-corrected chi connectivity index (χ2v) is 5.96. The molecule has 1 aromatic heterocycles. The zero-order chi connectivity index (χ0) is 15.1. The fraction of sp³-hybridized carbons (Fsp3) is 0.526. The van der Waals surface area contributed by atoms with Crippen LogP contribution < -0.4 is 0 Å². The Hall–Kier alpha value is -1.57. The first kappa shape index (κ1) is 15.8. The molecule has 0 bridgehead atoms. The number of fused-ring (bicyclic) bond motifs is 1. The van der Waals surface area contributed by atoms with E-state index in [-0.39, 0.29) is 5.75 Å². The number of phenols is 1. The molecule has 0 spiro atoms. The van der Waals surface area contributed by atoms with Crippen LogP contribution in [0.25, 0.3) is 10.9 Å². The Labute approximate surface area is 128 Å². The van der Waals surface area contributed by atoms with Crippen LogP contribution in [0.2, 0.25) is 0 Å². The van der Waals surface area contributed by atoms with Crippen molar-refractivity contribution < 1.29 is 5.11 Å². The number of hydrogen-bond acceptors (Lipinski definition) is 2. The van der Waals surface area contributed by atoms with Crippen molar-refractivity contribution in [1.82, 2.24) is 4.98 Å². The largest absolute Gasteiger partial charge is 0.506 e. The molecule has 1 N–H and O–H groups in total. The van der Waals surface area contributed by atoms with E-state index in [9.17, 15) is 5.11 Å². The predicted octanol–water partition coefficient (Wildman–Crippen LogP) is 5.54. The maximum Gasteiger partial charge on any atom is 0.141 e. The van der Waals surface area contributed by atoms with Gasteiger partial charge in [-0.05, 0) is 37.5 Å². The average molecular weight is 285 g/mol. The van der Waals surface area contributed by atoms with Gasteiger partial charge in [-0.1, -0.05) is 57.6 Å². The zero-order valence-electron chi connectivity index (χ0n) is 13.4. The molecule has 1 heterocycles. The van der Waals surface area contributed by atoms with Gasteiger partial charge in [0.15, 0.2) is 0 Å². The second kappa shape index (κ2) is 8.02. The maximum atomic E-state index is 9.95. The fourth-order valence-electron chi connectivity index (χ4n) is 2.85. The van der Waals surface area contributed by atoms with E-state index < -0.39 is 0 Å². The highest BCUT2D eigenvalue weighted by atomic mass is 16.3. The number of pyridine rings is 1. The summed E-state index contributed by atoms with van der Waals surface area (Å²) in [6, 6.07) is 7.95. The van der Waals surface area contributed by atoms with E-state index in [1.807, 2.05) is 19.1 Å². The molecule has 0 saturated heterocycles. The van der Waals surface area contributed by atoms with E-state index in [1.54, 1.807) is 6.07 Å². The standard InChI is InChI=1S/C19H27NO/c1-3-4-5-6-7-8-9-10-16-12-14-18(21)19-17(16)13-11-15(2)20-19/h11-14,21H,3-10H2,1-2H3. The molecule has 2 heteroatoms. The molecular weight excluding hydrogens is 258 g/mol. The average Bonchev–Trinajstić information content (AvgIpc) is 2.49. The maximum absolute atomic E-state index is 9.95. The van der Waals surface area contributed by atoms with Crippen molar-refractivity contribution in [1.29, 1.82) is 0 Å². The van der Waals surface area contributed by atoms with Crippen LogP contribution in [0.3, 0.4) is 0 Å². The fourth-order valence-corrected chi connectivity index (χ4v) is 2.85. The molecule has 0 radical (unpaired) electrons. The van der Waals surface area contributed by atoms with Crippen molar-refractivity contribution in [2.75, 3.05) is 0 Å².